The molecule has 0 saturated heterocycles. The molecule has 0 spiro atoms. The smallest absolute Gasteiger partial charge is 0.324 e. The van der Waals surface area contributed by atoms with Gasteiger partial charge in [0.2, 0.25) is 0 Å². The summed E-state index contributed by atoms with van der Waals surface area (Å²) in [5, 5.41) is 13.2. The van der Waals surface area contributed by atoms with Gasteiger partial charge in [0.25, 0.3) is 0 Å². The first-order chi connectivity index (χ1) is 10.1. The highest BCUT2D eigenvalue weighted by Gasteiger charge is 2.50. The molecule has 2 aliphatic rings. The van der Waals surface area contributed by atoms with E-state index >= 15 is 0 Å². The van der Waals surface area contributed by atoms with E-state index in [0.717, 1.165) is 50.0 Å². The predicted molar refractivity (Wildman–Crippen MR) is 82.7 cm³/mol. The van der Waals surface area contributed by atoms with Crippen LogP contribution in [0.4, 0.5) is 0 Å². The Morgan fingerprint density at radius 2 is 2.33 bits per heavy atom. The SMILES string of the molecule is Cc1occc1SCCC1CCCC1(NC1CC1)C(=O)O. The number of carboxylic acids is 1. The van der Waals surface area contributed by atoms with Crippen LogP contribution >= 0.6 is 11.8 Å². The van der Waals surface area contributed by atoms with Crippen LogP contribution in [0.1, 0.15) is 44.3 Å². The number of thioether (sulfide) groups is 1. The second-order valence-corrected chi connectivity index (χ2v) is 7.40. The summed E-state index contributed by atoms with van der Waals surface area (Å²) in [7, 11) is 0. The van der Waals surface area contributed by atoms with E-state index in [1.165, 1.54) is 4.90 Å². The van der Waals surface area contributed by atoms with Gasteiger partial charge in [-0.25, -0.2) is 0 Å². The van der Waals surface area contributed by atoms with E-state index < -0.39 is 11.5 Å². The molecule has 0 amide bonds. The molecule has 116 valence electrons. The van der Waals surface area contributed by atoms with Crippen LogP contribution in [-0.2, 0) is 4.79 Å². The molecule has 1 aromatic heterocycles. The molecule has 2 N–H and O–H groups in total. The number of aliphatic carboxylic acids is 1. The predicted octanol–water partition coefficient (Wildman–Crippen LogP) is 3.45. The van der Waals surface area contributed by atoms with Crippen LogP contribution < -0.4 is 5.32 Å². The van der Waals surface area contributed by atoms with Crippen LogP contribution in [0.15, 0.2) is 21.6 Å². The zero-order valence-corrected chi connectivity index (χ0v) is 13.2. The summed E-state index contributed by atoms with van der Waals surface area (Å²) in [5.74, 6) is 1.50. The summed E-state index contributed by atoms with van der Waals surface area (Å²) in [6.07, 6.45) is 7.74. The summed E-state index contributed by atoms with van der Waals surface area (Å²) in [4.78, 5) is 13.0. The molecule has 2 fully saturated rings. The number of nitrogens with one attached hydrogen (secondary N) is 1. The number of furan rings is 1. The topological polar surface area (TPSA) is 62.5 Å². The molecule has 5 heteroatoms. The molecule has 21 heavy (non-hydrogen) atoms. The van der Waals surface area contributed by atoms with Gasteiger partial charge in [0.1, 0.15) is 11.3 Å². The van der Waals surface area contributed by atoms with E-state index in [1.54, 1.807) is 18.0 Å². The molecular weight excluding hydrogens is 286 g/mol. The molecule has 0 bridgehead atoms. The standard InChI is InChI=1S/C16H23NO3S/c1-11-14(6-9-20-11)21-10-7-12-3-2-8-16(12,15(18)19)17-13-4-5-13/h6,9,12-13,17H,2-5,7-8,10H2,1H3,(H,18,19). The fourth-order valence-corrected chi connectivity index (χ4v) is 4.45. The van der Waals surface area contributed by atoms with Crippen molar-refractivity contribution in [2.24, 2.45) is 5.92 Å². The van der Waals surface area contributed by atoms with Crippen molar-refractivity contribution < 1.29 is 14.3 Å². The number of carboxylic acid groups (broad SMARTS) is 1. The lowest BCUT2D eigenvalue weighted by Crippen LogP contribution is -2.55. The quantitative estimate of drug-likeness (QED) is 0.755. The lowest BCUT2D eigenvalue weighted by atomic mass is 9.85. The van der Waals surface area contributed by atoms with Crippen molar-refractivity contribution in [2.75, 3.05) is 5.75 Å². The van der Waals surface area contributed by atoms with Crippen LogP contribution in [0.3, 0.4) is 0 Å². The van der Waals surface area contributed by atoms with Crippen molar-refractivity contribution in [1.29, 1.82) is 0 Å². The normalized spacial score (nSPS) is 28.9. The molecule has 2 atom stereocenters. The summed E-state index contributed by atoms with van der Waals surface area (Å²) >= 11 is 1.77. The number of carbonyl (C=O) groups is 1. The van der Waals surface area contributed by atoms with Gasteiger partial charge in [0.15, 0.2) is 0 Å². The van der Waals surface area contributed by atoms with Crippen molar-refractivity contribution in [3.05, 3.63) is 18.1 Å². The fourth-order valence-electron chi connectivity index (χ4n) is 3.43. The minimum Gasteiger partial charge on any atom is -0.480 e. The van der Waals surface area contributed by atoms with Crippen molar-refractivity contribution in [1.82, 2.24) is 5.32 Å². The third-order valence-electron chi connectivity index (χ3n) is 4.78. The minimum atomic E-state index is -0.673. The molecule has 1 aromatic rings. The Hall–Kier alpha value is -0.940. The van der Waals surface area contributed by atoms with Crippen LogP contribution in [0.5, 0.6) is 0 Å². The molecule has 0 aromatic carbocycles. The average molecular weight is 309 g/mol. The van der Waals surface area contributed by atoms with E-state index in [2.05, 4.69) is 5.32 Å². The van der Waals surface area contributed by atoms with Gasteiger partial charge in [-0.15, -0.1) is 11.8 Å². The number of hydrogen-bond donors (Lipinski definition) is 2. The molecule has 0 aliphatic heterocycles. The van der Waals surface area contributed by atoms with Crippen LogP contribution in [0.25, 0.3) is 0 Å². The minimum absolute atomic E-state index is 0.246. The van der Waals surface area contributed by atoms with Crippen LogP contribution in [0, 0.1) is 12.8 Å². The third kappa shape index (κ3) is 3.14. The first-order valence-corrected chi connectivity index (χ1v) is 8.78. The fraction of sp³-hybridized carbons (Fsp3) is 0.688. The van der Waals surface area contributed by atoms with Gasteiger partial charge < -0.3 is 9.52 Å². The van der Waals surface area contributed by atoms with Gasteiger partial charge in [-0.05, 0) is 56.8 Å². The summed E-state index contributed by atoms with van der Waals surface area (Å²) < 4.78 is 5.30. The Labute approximate surface area is 129 Å². The summed E-state index contributed by atoms with van der Waals surface area (Å²) in [6, 6.07) is 2.42. The van der Waals surface area contributed by atoms with Gasteiger partial charge in [-0.3, -0.25) is 10.1 Å². The molecule has 2 saturated carbocycles. The zero-order valence-electron chi connectivity index (χ0n) is 12.4. The monoisotopic (exact) mass is 309 g/mol. The van der Waals surface area contributed by atoms with Crippen LogP contribution in [0.2, 0.25) is 0 Å². The Morgan fingerprint density at radius 1 is 1.52 bits per heavy atom. The number of rotatable bonds is 7. The van der Waals surface area contributed by atoms with Gasteiger partial charge >= 0.3 is 5.97 Å². The highest BCUT2D eigenvalue weighted by Crippen LogP contribution is 2.41. The summed E-state index contributed by atoms with van der Waals surface area (Å²) in [6.45, 7) is 1.97. The van der Waals surface area contributed by atoms with Gasteiger partial charge in [0, 0.05) is 10.9 Å². The first kappa shape index (κ1) is 15.0. The Morgan fingerprint density at radius 3 is 2.95 bits per heavy atom. The second kappa shape index (κ2) is 6.05. The maximum atomic E-state index is 11.9. The van der Waals surface area contributed by atoms with E-state index in [9.17, 15) is 9.90 Å². The van der Waals surface area contributed by atoms with E-state index in [-0.39, 0.29) is 5.92 Å². The lowest BCUT2D eigenvalue weighted by Gasteiger charge is -2.32. The zero-order chi connectivity index (χ0) is 14.9. The summed E-state index contributed by atoms with van der Waals surface area (Å²) in [5.41, 5.74) is -0.673. The molecule has 0 radical (unpaired) electrons. The number of aryl methyl sites for hydroxylation is 1. The van der Waals surface area contributed by atoms with Crippen molar-refractivity contribution in [3.63, 3.8) is 0 Å². The first-order valence-electron chi connectivity index (χ1n) is 7.80. The highest BCUT2D eigenvalue weighted by atomic mass is 32.2. The maximum absolute atomic E-state index is 11.9. The molecule has 2 aliphatic carbocycles. The largest absolute Gasteiger partial charge is 0.480 e. The van der Waals surface area contributed by atoms with E-state index in [4.69, 9.17) is 4.42 Å². The van der Waals surface area contributed by atoms with Gasteiger partial charge in [-0.1, -0.05) is 6.42 Å². The second-order valence-electron chi connectivity index (χ2n) is 6.26. The Kier molecular flexibility index (Phi) is 4.31. The molecule has 3 rings (SSSR count). The van der Waals surface area contributed by atoms with Crippen molar-refractivity contribution in [2.45, 2.75) is 61.9 Å². The maximum Gasteiger partial charge on any atom is 0.324 e. The van der Waals surface area contributed by atoms with Gasteiger partial charge in [-0.2, -0.15) is 0 Å². The van der Waals surface area contributed by atoms with E-state index in [1.807, 2.05) is 13.0 Å². The third-order valence-corrected chi connectivity index (χ3v) is 5.95. The van der Waals surface area contributed by atoms with Crippen molar-refractivity contribution >= 4 is 17.7 Å². The van der Waals surface area contributed by atoms with Gasteiger partial charge in [0.05, 0.1) is 6.26 Å². The highest BCUT2D eigenvalue weighted by molar-refractivity contribution is 7.99. The average Bonchev–Trinajstić information content (AvgIpc) is 3.02. The molecule has 4 nitrogen and oxygen atoms in total. The number of hydrogen-bond acceptors (Lipinski definition) is 4. The Balaban J connectivity index is 1.60. The van der Waals surface area contributed by atoms with Crippen molar-refractivity contribution in [3.8, 4) is 0 Å². The molecule has 2 unspecified atom stereocenters. The van der Waals surface area contributed by atoms with Crippen LogP contribution in [-0.4, -0.2) is 28.4 Å². The Bertz CT molecular complexity index is 511. The van der Waals surface area contributed by atoms with E-state index in [0.29, 0.717) is 6.04 Å². The lowest BCUT2D eigenvalue weighted by molar-refractivity contribution is -0.146. The molecular formula is C16H23NO3S. The molecule has 1 heterocycles.